The molecule has 0 spiro atoms. The van der Waals surface area contributed by atoms with Gasteiger partial charge in [-0.3, -0.25) is 10.1 Å². The molecule has 0 saturated carbocycles. The molecule has 0 fully saturated rings. The van der Waals surface area contributed by atoms with E-state index in [0.29, 0.717) is 11.0 Å². The zero-order valence-corrected chi connectivity index (χ0v) is 12.6. The minimum atomic E-state index is -0.128. The first-order valence-corrected chi connectivity index (χ1v) is 7.30. The summed E-state index contributed by atoms with van der Waals surface area (Å²) in [6, 6.07) is 7.90. The smallest absolute Gasteiger partial charge is 0.245 e. The Balaban J connectivity index is 1.84. The lowest BCUT2D eigenvalue weighted by Gasteiger charge is -2.06. The van der Waals surface area contributed by atoms with Gasteiger partial charge in [-0.2, -0.15) is 0 Å². The largest absolute Gasteiger partial charge is 0.376 e. The summed E-state index contributed by atoms with van der Waals surface area (Å²) in [7, 11) is 0. The molecule has 0 bridgehead atoms. The first-order chi connectivity index (χ1) is 9.54. The molecule has 2 rings (SSSR count). The number of aryl methyl sites for hydroxylation is 1. The van der Waals surface area contributed by atoms with Gasteiger partial charge in [0.05, 0.1) is 6.54 Å². The topological polar surface area (TPSA) is 66.9 Å². The average Bonchev–Trinajstić information content (AvgIpc) is 2.87. The van der Waals surface area contributed by atoms with E-state index in [1.54, 1.807) is 0 Å². The van der Waals surface area contributed by atoms with Crippen molar-refractivity contribution >= 4 is 28.1 Å². The van der Waals surface area contributed by atoms with Gasteiger partial charge in [0.25, 0.3) is 0 Å². The highest BCUT2D eigenvalue weighted by Crippen LogP contribution is 2.22. The van der Waals surface area contributed by atoms with E-state index in [0.717, 1.165) is 10.7 Å². The molecule has 0 saturated heterocycles. The Kier molecular flexibility index (Phi) is 4.68. The highest BCUT2D eigenvalue weighted by molar-refractivity contribution is 7.15. The van der Waals surface area contributed by atoms with Crippen LogP contribution in [0.2, 0.25) is 0 Å². The van der Waals surface area contributed by atoms with Crippen LogP contribution >= 0.6 is 11.3 Å². The fraction of sp³-hybridized carbons (Fsp3) is 0.357. The SMILES string of the molecule is Cc1ccc(NCC(=O)Nc2nnc(C(C)C)s2)cc1. The van der Waals surface area contributed by atoms with E-state index >= 15 is 0 Å². The third-order valence-electron chi connectivity index (χ3n) is 2.69. The molecule has 1 heterocycles. The van der Waals surface area contributed by atoms with Crippen LogP contribution in [0.25, 0.3) is 0 Å². The van der Waals surface area contributed by atoms with Crippen molar-refractivity contribution in [3.8, 4) is 0 Å². The molecule has 20 heavy (non-hydrogen) atoms. The quantitative estimate of drug-likeness (QED) is 0.888. The molecule has 0 radical (unpaired) electrons. The Morgan fingerprint density at radius 3 is 2.55 bits per heavy atom. The summed E-state index contributed by atoms with van der Waals surface area (Å²) in [4.78, 5) is 11.8. The predicted octanol–water partition coefficient (Wildman–Crippen LogP) is 3.02. The second-order valence-corrected chi connectivity index (χ2v) is 5.88. The molecule has 0 unspecified atom stereocenters. The maximum atomic E-state index is 11.8. The van der Waals surface area contributed by atoms with Crippen molar-refractivity contribution in [2.24, 2.45) is 0 Å². The molecular formula is C14H18N4OS. The maximum absolute atomic E-state index is 11.8. The molecule has 0 aliphatic carbocycles. The number of aromatic nitrogens is 2. The van der Waals surface area contributed by atoms with E-state index in [1.165, 1.54) is 16.9 Å². The fourth-order valence-electron chi connectivity index (χ4n) is 1.54. The molecular weight excluding hydrogens is 272 g/mol. The van der Waals surface area contributed by atoms with Crippen LogP contribution in [0.15, 0.2) is 24.3 Å². The Bertz CT molecular complexity index is 577. The zero-order chi connectivity index (χ0) is 14.5. The Morgan fingerprint density at radius 2 is 1.95 bits per heavy atom. The van der Waals surface area contributed by atoms with Crippen LogP contribution in [0.3, 0.4) is 0 Å². The van der Waals surface area contributed by atoms with Crippen LogP contribution in [0.1, 0.15) is 30.3 Å². The van der Waals surface area contributed by atoms with Crippen molar-refractivity contribution in [2.45, 2.75) is 26.7 Å². The minimum Gasteiger partial charge on any atom is -0.376 e. The normalized spacial score (nSPS) is 10.6. The van der Waals surface area contributed by atoms with Crippen molar-refractivity contribution in [2.75, 3.05) is 17.2 Å². The van der Waals surface area contributed by atoms with Gasteiger partial charge in [0.15, 0.2) is 0 Å². The number of amides is 1. The summed E-state index contributed by atoms with van der Waals surface area (Å²) in [5, 5.41) is 15.3. The minimum absolute atomic E-state index is 0.128. The van der Waals surface area contributed by atoms with E-state index in [-0.39, 0.29) is 12.5 Å². The molecule has 106 valence electrons. The van der Waals surface area contributed by atoms with Crippen molar-refractivity contribution in [3.63, 3.8) is 0 Å². The lowest BCUT2D eigenvalue weighted by Crippen LogP contribution is -2.21. The van der Waals surface area contributed by atoms with E-state index in [2.05, 4.69) is 20.8 Å². The first kappa shape index (κ1) is 14.5. The van der Waals surface area contributed by atoms with Crippen molar-refractivity contribution < 1.29 is 4.79 Å². The van der Waals surface area contributed by atoms with Crippen molar-refractivity contribution in [1.29, 1.82) is 0 Å². The van der Waals surface area contributed by atoms with Crippen molar-refractivity contribution in [3.05, 3.63) is 34.8 Å². The standard InChI is InChI=1S/C14H18N4OS/c1-9(2)13-17-18-14(20-13)16-12(19)8-15-11-6-4-10(3)5-7-11/h4-7,9,15H,8H2,1-3H3,(H,16,18,19). The lowest BCUT2D eigenvalue weighted by atomic mass is 10.2. The van der Waals surface area contributed by atoms with E-state index < -0.39 is 0 Å². The molecule has 2 aromatic rings. The van der Waals surface area contributed by atoms with E-state index in [9.17, 15) is 4.79 Å². The zero-order valence-electron chi connectivity index (χ0n) is 11.8. The number of nitrogens with zero attached hydrogens (tertiary/aromatic N) is 2. The van der Waals surface area contributed by atoms with E-state index in [4.69, 9.17) is 0 Å². The van der Waals surface area contributed by atoms with Gasteiger partial charge in [-0.05, 0) is 19.1 Å². The molecule has 0 atom stereocenters. The van der Waals surface area contributed by atoms with Gasteiger partial charge in [0.1, 0.15) is 5.01 Å². The molecule has 6 heteroatoms. The van der Waals surface area contributed by atoms with Gasteiger partial charge in [0, 0.05) is 11.6 Å². The van der Waals surface area contributed by atoms with Gasteiger partial charge in [-0.1, -0.05) is 42.9 Å². The molecule has 0 aliphatic rings. The highest BCUT2D eigenvalue weighted by atomic mass is 32.1. The molecule has 1 amide bonds. The Hall–Kier alpha value is -1.95. The van der Waals surface area contributed by atoms with Gasteiger partial charge in [-0.25, -0.2) is 0 Å². The number of nitrogens with one attached hydrogen (secondary N) is 2. The van der Waals surface area contributed by atoms with Gasteiger partial charge in [0.2, 0.25) is 11.0 Å². The third kappa shape index (κ3) is 4.03. The summed E-state index contributed by atoms with van der Waals surface area (Å²) in [5.74, 6) is 0.195. The van der Waals surface area contributed by atoms with Gasteiger partial charge in [-0.15, -0.1) is 10.2 Å². The Morgan fingerprint density at radius 1 is 1.25 bits per heavy atom. The monoisotopic (exact) mass is 290 g/mol. The molecule has 1 aromatic heterocycles. The number of anilines is 2. The van der Waals surface area contributed by atoms with Crippen LogP contribution in [-0.2, 0) is 4.79 Å². The summed E-state index contributed by atoms with van der Waals surface area (Å²) in [6.45, 7) is 6.33. The second-order valence-electron chi connectivity index (χ2n) is 4.87. The van der Waals surface area contributed by atoms with Crippen molar-refractivity contribution in [1.82, 2.24) is 10.2 Å². The molecule has 5 nitrogen and oxygen atoms in total. The van der Waals surface area contributed by atoms with Crippen LogP contribution in [0.4, 0.5) is 10.8 Å². The molecule has 0 aliphatic heterocycles. The van der Waals surface area contributed by atoms with E-state index in [1.807, 2.05) is 45.0 Å². The number of carbonyl (C=O) groups excluding carboxylic acids is 1. The maximum Gasteiger partial charge on any atom is 0.245 e. The van der Waals surface area contributed by atoms with Crippen LogP contribution in [0.5, 0.6) is 0 Å². The number of hydrogen-bond donors (Lipinski definition) is 2. The second kappa shape index (κ2) is 6.47. The summed E-state index contributed by atoms with van der Waals surface area (Å²) in [6.07, 6.45) is 0. The van der Waals surface area contributed by atoms with Crippen LogP contribution in [0, 0.1) is 6.92 Å². The summed E-state index contributed by atoms with van der Waals surface area (Å²) < 4.78 is 0. The lowest BCUT2D eigenvalue weighted by molar-refractivity contribution is -0.114. The first-order valence-electron chi connectivity index (χ1n) is 6.48. The fourth-order valence-corrected chi connectivity index (χ4v) is 2.30. The predicted molar refractivity (Wildman–Crippen MR) is 82.3 cm³/mol. The highest BCUT2D eigenvalue weighted by Gasteiger charge is 2.10. The molecule has 1 aromatic carbocycles. The number of rotatable bonds is 5. The summed E-state index contributed by atoms with van der Waals surface area (Å²) >= 11 is 1.41. The number of carbonyl (C=O) groups is 1. The third-order valence-corrected chi connectivity index (χ3v) is 3.82. The van der Waals surface area contributed by atoms with Gasteiger partial charge >= 0.3 is 0 Å². The van der Waals surface area contributed by atoms with Crippen LogP contribution < -0.4 is 10.6 Å². The molecule has 2 N–H and O–H groups in total. The number of hydrogen-bond acceptors (Lipinski definition) is 5. The van der Waals surface area contributed by atoms with Gasteiger partial charge < -0.3 is 5.32 Å². The Labute approximate surface area is 122 Å². The number of benzene rings is 1. The summed E-state index contributed by atoms with van der Waals surface area (Å²) in [5.41, 5.74) is 2.11. The average molecular weight is 290 g/mol. The van der Waals surface area contributed by atoms with Crippen LogP contribution in [-0.4, -0.2) is 22.6 Å².